The number of hydrogen-bond donors (Lipinski definition) is 0. The van der Waals surface area contributed by atoms with Crippen LogP contribution >= 0.6 is 23.5 Å². The summed E-state index contributed by atoms with van der Waals surface area (Å²) in [5.41, 5.74) is 4.48. The van der Waals surface area contributed by atoms with Crippen LogP contribution in [0.1, 0.15) is 43.2 Å². The van der Waals surface area contributed by atoms with Gasteiger partial charge >= 0.3 is 0 Å². The second-order valence-electron chi connectivity index (χ2n) is 8.52. The zero-order valence-electron chi connectivity index (χ0n) is 18.2. The lowest BCUT2D eigenvalue weighted by molar-refractivity contribution is -0.124. The summed E-state index contributed by atoms with van der Waals surface area (Å²) in [6, 6.07) is 14.9. The zero-order valence-corrected chi connectivity index (χ0v) is 19.9. The standard InChI is InChI=1S/C25H27N3OS2/c1-16-13-14-19(17(2)15-16)26-25-28(18-9-5-4-6-10-18)23(29)22(31-25)24-27(3)20-11-7-8-12-21(20)30-24/h7-8,11-15,18H,4-6,9-10H2,1-3H3/b24-22-,26-25?. The van der Waals surface area contributed by atoms with Crippen molar-refractivity contribution in [3.63, 3.8) is 0 Å². The maximum absolute atomic E-state index is 13.8. The summed E-state index contributed by atoms with van der Waals surface area (Å²) in [6.45, 7) is 4.19. The number of hydrogen-bond acceptors (Lipinski definition) is 5. The molecular weight excluding hydrogens is 422 g/mol. The molecule has 1 amide bonds. The number of carbonyl (C=O) groups excluding carboxylic acids is 1. The molecule has 2 aliphatic heterocycles. The fourth-order valence-corrected chi connectivity index (χ4v) is 6.99. The predicted octanol–water partition coefficient (Wildman–Crippen LogP) is 6.61. The molecule has 2 aromatic carbocycles. The zero-order chi connectivity index (χ0) is 21.5. The molecular formula is C25H27N3OS2. The van der Waals surface area contributed by atoms with Crippen LogP contribution in [-0.2, 0) is 4.79 Å². The van der Waals surface area contributed by atoms with Crippen LogP contribution in [0.3, 0.4) is 0 Å². The maximum atomic E-state index is 13.8. The minimum Gasteiger partial charge on any atom is -0.337 e. The van der Waals surface area contributed by atoms with Crippen molar-refractivity contribution < 1.29 is 4.79 Å². The molecule has 3 aliphatic rings. The molecule has 2 fully saturated rings. The van der Waals surface area contributed by atoms with E-state index in [-0.39, 0.29) is 11.9 Å². The van der Waals surface area contributed by atoms with Crippen LogP contribution in [0.25, 0.3) is 0 Å². The largest absolute Gasteiger partial charge is 0.337 e. The van der Waals surface area contributed by atoms with Crippen LogP contribution in [0, 0.1) is 13.8 Å². The van der Waals surface area contributed by atoms with Gasteiger partial charge in [0, 0.05) is 18.0 Å². The number of para-hydroxylation sites is 1. The Morgan fingerprint density at radius 2 is 1.77 bits per heavy atom. The molecule has 0 spiro atoms. The van der Waals surface area contributed by atoms with Crippen molar-refractivity contribution in [3.8, 4) is 0 Å². The summed E-state index contributed by atoms with van der Waals surface area (Å²) >= 11 is 3.23. The summed E-state index contributed by atoms with van der Waals surface area (Å²) in [5.74, 6) is 0.113. The quantitative estimate of drug-likeness (QED) is 0.483. The van der Waals surface area contributed by atoms with Gasteiger partial charge in [0.2, 0.25) is 0 Å². The van der Waals surface area contributed by atoms with Crippen molar-refractivity contribution in [2.24, 2.45) is 4.99 Å². The third-order valence-corrected chi connectivity index (χ3v) is 8.66. The number of benzene rings is 2. The third-order valence-electron chi connectivity index (χ3n) is 6.25. The van der Waals surface area contributed by atoms with Gasteiger partial charge in [0.15, 0.2) is 5.17 Å². The van der Waals surface area contributed by atoms with Crippen LogP contribution in [0.4, 0.5) is 11.4 Å². The molecule has 0 radical (unpaired) electrons. The van der Waals surface area contributed by atoms with Gasteiger partial charge in [0.05, 0.1) is 16.4 Å². The van der Waals surface area contributed by atoms with E-state index in [2.05, 4.69) is 68.3 Å². The lowest BCUT2D eigenvalue weighted by atomic mass is 9.94. The summed E-state index contributed by atoms with van der Waals surface area (Å²) in [6.07, 6.45) is 5.75. The molecule has 0 unspecified atom stereocenters. The second kappa shape index (κ2) is 8.40. The number of aliphatic imine (C=N–C) groups is 1. The van der Waals surface area contributed by atoms with E-state index in [4.69, 9.17) is 4.99 Å². The smallest absolute Gasteiger partial charge is 0.269 e. The van der Waals surface area contributed by atoms with E-state index in [0.717, 1.165) is 44.9 Å². The third kappa shape index (κ3) is 3.80. The lowest BCUT2D eigenvalue weighted by Gasteiger charge is -2.30. The number of amidine groups is 1. The molecule has 5 rings (SSSR count). The Morgan fingerprint density at radius 1 is 1.00 bits per heavy atom. The predicted molar refractivity (Wildman–Crippen MR) is 132 cm³/mol. The van der Waals surface area contributed by atoms with Crippen molar-refractivity contribution in [1.82, 2.24) is 4.90 Å². The molecule has 1 aliphatic carbocycles. The number of rotatable bonds is 2. The van der Waals surface area contributed by atoms with E-state index in [1.165, 1.54) is 29.7 Å². The summed E-state index contributed by atoms with van der Waals surface area (Å²) in [4.78, 5) is 24.9. The van der Waals surface area contributed by atoms with E-state index < -0.39 is 0 Å². The summed E-state index contributed by atoms with van der Waals surface area (Å²) in [5, 5.41) is 1.85. The van der Waals surface area contributed by atoms with Crippen LogP contribution in [0.5, 0.6) is 0 Å². The van der Waals surface area contributed by atoms with Crippen LogP contribution < -0.4 is 4.90 Å². The van der Waals surface area contributed by atoms with Gasteiger partial charge in [0.1, 0.15) is 4.91 Å². The first-order valence-electron chi connectivity index (χ1n) is 10.9. The van der Waals surface area contributed by atoms with Gasteiger partial charge in [-0.15, -0.1) is 0 Å². The van der Waals surface area contributed by atoms with Gasteiger partial charge in [-0.3, -0.25) is 9.69 Å². The molecule has 2 aromatic rings. The van der Waals surface area contributed by atoms with Crippen molar-refractivity contribution in [2.45, 2.75) is 56.9 Å². The van der Waals surface area contributed by atoms with Gasteiger partial charge in [-0.05, 0) is 62.2 Å². The molecule has 1 saturated heterocycles. The molecule has 160 valence electrons. The molecule has 0 bridgehead atoms. The molecule has 0 aromatic heterocycles. The van der Waals surface area contributed by atoms with E-state index in [1.807, 2.05) is 4.90 Å². The first-order chi connectivity index (χ1) is 15.0. The molecule has 0 N–H and O–H groups in total. The summed E-state index contributed by atoms with van der Waals surface area (Å²) in [7, 11) is 2.05. The summed E-state index contributed by atoms with van der Waals surface area (Å²) < 4.78 is 0. The molecule has 31 heavy (non-hydrogen) atoms. The van der Waals surface area contributed by atoms with Gasteiger partial charge in [-0.2, -0.15) is 0 Å². The Morgan fingerprint density at radius 3 is 2.52 bits per heavy atom. The first kappa shape index (κ1) is 20.7. The van der Waals surface area contributed by atoms with Crippen LogP contribution in [0.15, 0.2) is 62.3 Å². The van der Waals surface area contributed by atoms with E-state index >= 15 is 0 Å². The highest BCUT2D eigenvalue weighted by Crippen LogP contribution is 2.50. The Kier molecular flexibility index (Phi) is 5.61. The van der Waals surface area contributed by atoms with Crippen molar-refractivity contribution in [3.05, 3.63) is 63.5 Å². The maximum Gasteiger partial charge on any atom is 0.269 e. The first-order valence-corrected chi connectivity index (χ1v) is 12.6. The van der Waals surface area contributed by atoms with E-state index in [0.29, 0.717) is 0 Å². The molecule has 4 nitrogen and oxygen atoms in total. The topological polar surface area (TPSA) is 35.9 Å². The second-order valence-corrected chi connectivity index (χ2v) is 10.5. The molecule has 0 atom stereocenters. The van der Waals surface area contributed by atoms with Gasteiger partial charge < -0.3 is 4.90 Å². The molecule has 6 heteroatoms. The van der Waals surface area contributed by atoms with Gasteiger partial charge in [-0.1, -0.05) is 60.9 Å². The molecule has 2 heterocycles. The number of carbonyl (C=O) groups is 1. The number of thioether (sulfide) groups is 2. The van der Waals surface area contributed by atoms with Gasteiger partial charge in [0.25, 0.3) is 5.91 Å². The highest BCUT2D eigenvalue weighted by atomic mass is 32.2. The number of aryl methyl sites for hydroxylation is 2. The lowest BCUT2D eigenvalue weighted by Crippen LogP contribution is -2.40. The van der Waals surface area contributed by atoms with E-state index in [9.17, 15) is 4.79 Å². The SMILES string of the molecule is Cc1ccc(N=C2S/C(=C3\Sc4ccccc4N3C)C(=O)N2C2CCCCC2)c(C)c1. The fraction of sp³-hybridized carbons (Fsp3) is 0.360. The average Bonchev–Trinajstić information content (AvgIpc) is 3.27. The van der Waals surface area contributed by atoms with Crippen LogP contribution in [-0.4, -0.2) is 29.1 Å². The van der Waals surface area contributed by atoms with Crippen LogP contribution in [0.2, 0.25) is 0 Å². The molecule has 1 saturated carbocycles. The monoisotopic (exact) mass is 449 g/mol. The minimum absolute atomic E-state index is 0.113. The Labute approximate surface area is 192 Å². The number of nitrogens with zero attached hydrogens (tertiary/aromatic N) is 3. The van der Waals surface area contributed by atoms with E-state index in [1.54, 1.807) is 23.5 Å². The van der Waals surface area contributed by atoms with Crippen molar-refractivity contribution >= 4 is 46.0 Å². The van der Waals surface area contributed by atoms with Crippen molar-refractivity contribution in [1.29, 1.82) is 0 Å². The van der Waals surface area contributed by atoms with Gasteiger partial charge in [-0.25, -0.2) is 4.99 Å². The Hall–Kier alpha value is -2.18. The minimum atomic E-state index is 0.113. The Bertz CT molecular complexity index is 1100. The number of amides is 1. The normalized spacial score (nSPS) is 23.2. The highest BCUT2D eigenvalue weighted by Gasteiger charge is 2.42. The highest BCUT2D eigenvalue weighted by molar-refractivity contribution is 8.19. The average molecular weight is 450 g/mol. The number of fused-ring (bicyclic) bond motifs is 1. The van der Waals surface area contributed by atoms with Crippen molar-refractivity contribution in [2.75, 3.05) is 11.9 Å². The number of anilines is 1. The Balaban J connectivity index is 1.57. The fourth-order valence-electron chi connectivity index (χ4n) is 4.59.